The van der Waals surface area contributed by atoms with Crippen molar-refractivity contribution in [2.24, 2.45) is 5.92 Å². The number of carbonyl (C=O) groups is 1. The van der Waals surface area contributed by atoms with Crippen molar-refractivity contribution >= 4 is 17.5 Å². The molecule has 0 aromatic heterocycles. The molecule has 5 nitrogen and oxygen atoms in total. The summed E-state index contributed by atoms with van der Waals surface area (Å²) in [6, 6.07) is 21.8. The SMILES string of the molecule is C[C@@H](NC(=O)c1ccc(CC2CCN(Cc3ccc4c(c3)OCO4)CC2)cc1)c1ccc(Cl)cc1. The molecule has 0 saturated carbocycles. The number of nitrogens with one attached hydrogen (secondary N) is 1. The average molecular weight is 491 g/mol. The summed E-state index contributed by atoms with van der Waals surface area (Å²) in [4.78, 5) is 15.2. The number of amides is 1. The maximum absolute atomic E-state index is 12.7. The van der Waals surface area contributed by atoms with Crippen molar-refractivity contribution in [2.45, 2.75) is 38.8 Å². The second-order valence-electron chi connectivity index (χ2n) is 9.55. The summed E-state index contributed by atoms with van der Waals surface area (Å²) in [6.45, 7) is 5.44. The Morgan fingerprint density at radius 3 is 2.40 bits per heavy atom. The van der Waals surface area contributed by atoms with Gasteiger partial charge in [-0.15, -0.1) is 0 Å². The monoisotopic (exact) mass is 490 g/mol. The quantitative estimate of drug-likeness (QED) is 0.440. The van der Waals surface area contributed by atoms with Crippen LogP contribution in [0.25, 0.3) is 0 Å². The van der Waals surface area contributed by atoms with Crippen molar-refractivity contribution in [3.63, 3.8) is 0 Å². The summed E-state index contributed by atoms with van der Waals surface area (Å²) in [5.41, 5.74) is 4.28. The van der Waals surface area contributed by atoms with Crippen LogP contribution in [0.3, 0.4) is 0 Å². The molecular formula is C29H31ClN2O3. The zero-order valence-electron chi connectivity index (χ0n) is 20.0. The summed E-state index contributed by atoms with van der Waals surface area (Å²) in [6.07, 6.45) is 3.43. The molecule has 3 aromatic carbocycles. The van der Waals surface area contributed by atoms with E-state index in [0.29, 0.717) is 23.3 Å². The third kappa shape index (κ3) is 5.98. The van der Waals surface area contributed by atoms with E-state index in [4.69, 9.17) is 21.1 Å². The Hall–Kier alpha value is -3.02. The van der Waals surface area contributed by atoms with Crippen LogP contribution >= 0.6 is 11.6 Å². The van der Waals surface area contributed by atoms with Crippen LogP contribution in [0.5, 0.6) is 11.5 Å². The number of nitrogens with zero attached hydrogens (tertiary/aromatic N) is 1. The third-order valence-corrected chi connectivity index (χ3v) is 7.26. The number of hydrogen-bond acceptors (Lipinski definition) is 4. The molecule has 35 heavy (non-hydrogen) atoms. The van der Waals surface area contributed by atoms with E-state index in [1.54, 1.807) is 0 Å². The van der Waals surface area contributed by atoms with Gasteiger partial charge in [-0.05, 0) is 98.3 Å². The van der Waals surface area contributed by atoms with E-state index in [1.807, 2.05) is 49.4 Å². The number of piperidine rings is 1. The van der Waals surface area contributed by atoms with E-state index in [1.165, 1.54) is 24.0 Å². The highest BCUT2D eigenvalue weighted by molar-refractivity contribution is 6.30. The predicted octanol–water partition coefficient (Wildman–Crippen LogP) is 6.01. The topological polar surface area (TPSA) is 50.8 Å². The number of fused-ring (bicyclic) bond motifs is 1. The van der Waals surface area contributed by atoms with Gasteiger partial charge < -0.3 is 14.8 Å². The Morgan fingerprint density at radius 1 is 0.971 bits per heavy atom. The number of halogens is 1. The molecule has 0 radical (unpaired) electrons. The first-order valence-electron chi connectivity index (χ1n) is 12.3. The van der Waals surface area contributed by atoms with Gasteiger partial charge in [0.05, 0.1) is 6.04 Å². The lowest BCUT2D eigenvalue weighted by Crippen LogP contribution is -2.33. The Morgan fingerprint density at radius 2 is 1.66 bits per heavy atom. The van der Waals surface area contributed by atoms with Gasteiger partial charge in [-0.1, -0.05) is 41.9 Å². The number of ether oxygens (including phenoxy) is 2. The zero-order chi connectivity index (χ0) is 24.2. The second kappa shape index (κ2) is 10.7. The Balaban J connectivity index is 1.08. The Bertz CT molecular complexity index is 1160. The number of benzene rings is 3. The molecule has 1 atom stereocenters. The molecule has 0 spiro atoms. The van der Waals surface area contributed by atoms with Gasteiger partial charge in [0, 0.05) is 17.1 Å². The number of hydrogen-bond donors (Lipinski definition) is 1. The highest BCUT2D eigenvalue weighted by Gasteiger charge is 2.21. The first kappa shape index (κ1) is 23.7. The molecule has 1 saturated heterocycles. The smallest absolute Gasteiger partial charge is 0.251 e. The van der Waals surface area contributed by atoms with Crippen LogP contribution in [0.4, 0.5) is 0 Å². The third-order valence-electron chi connectivity index (χ3n) is 7.01. The lowest BCUT2D eigenvalue weighted by atomic mass is 9.89. The number of likely N-dealkylation sites (tertiary alicyclic amines) is 1. The molecule has 1 N–H and O–H groups in total. The fourth-order valence-corrected chi connectivity index (χ4v) is 5.01. The molecule has 6 heteroatoms. The predicted molar refractivity (Wildman–Crippen MR) is 138 cm³/mol. The molecule has 2 heterocycles. The van der Waals surface area contributed by atoms with Gasteiger partial charge in [-0.3, -0.25) is 9.69 Å². The van der Waals surface area contributed by atoms with E-state index < -0.39 is 0 Å². The maximum Gasteiger partial charge on any atom is 0.251 e. The molecule has 2 aliphatic heterocycles. The van der Waals surface area contributed by atoms with Crippen molar-refractivity contribution in [1.82, 2.24) is 10.2 Å². The molecule has 1 fully saturated rings. The van der Waals surface area contributed by atoms with Gasteiger partial charge in [0.1, 0.15) is 0 Å². The van der Waals surface area contributed by atoms with Gasteiger partial charge in [-0.2, -0.15) is 0 Å². The average Bonchev–Trinajstić information content (AvgIpc) is 3.34. The minimum atomic E-state index is -0.0812. The standard InChI is InChI=1S/C29H31ClN2O3/c1-20(24-7-9-26(30)10-8-24)31-29(33)25-5-2-21(3-6-25)16-22-12-14-32(15-13-22)18-23-4-11-27-28(17-23)35-19-34-27/h2-11,17,20,22H,12-16,18-19H2,1H3,(H,31,33)/t20-/m1/s1. The second-order valence-corrected chi connectivity index (χ2v) is 9.99. The van der Waals surface area contributed by atoms with E-state index in [9.17, 15) is 4.79 Å². The van der Waals surface area contributed by atoms with Crippen molar-refractivity contribution < 1.29 is 14.3 Å². The number of carbonyl (C=O) groups excluding carboxylic acids is 1. The molecule has 0 aliphatic carbocycles. The van der Waals surface area contributed by atoms with Crippen LogP contribution in [-0.2, 0) is 13.0 Å². The highest BCUT2D eigenvalue weighted by atomic mass is 35.5. The molecular weight excluding hydrogens is 460 g/mol. The van der Waals surface area contributed by atoms with Crippen LogP contribution in [0, 0.1) is 5.92 Å². The Kier molecular flexibility index (Phi) is 7.26. The van der Waals surface area contributed by atoms with Crippen LogP contribution in [0.1, 0.15) is 52.9 Å². The summed E-state index contributed by atoms with van der Waals surface area (Å²) >= 11 is 5.96. The first-order valence-corrected chi connectivity index (χ1v) is 12.7. The normalized spacial score (nSPS) is 16.7. The van der Waals surface area contributed by atoms with Crippen LogP contribution in [0.15, 0.2) is 66.7 Å². The van der Waals surface area contributed by atoms with Crippen molar-refractivity contribution in [2.75, 3.05) is 19.9 Å². The van der Waals surface area contributed by atoms with Gasteiger partial charge in [0.15, 0.2) is 11.5 Å². The lowest BCUT2D eigenvalue weighted by molar-refractivity contribution is 0.0940. The van der Waals surface area contributed by atoms with Gasteiger partial charge in [0.2, 0.25) is 6.79 Å². The minimum absolute atomic E-state index is 0.0594. The molecule has 0 bridgehead atoms. The fraction of sp³-hybridized carbons (Fsp3) is 0.345. The largest absolute Gasteiger partial charge is 0.454 e. The fourth-order valence-electron chi connectivity index (χ4n) is 4.89. The van der Waals surface area contributed by atoms with Gasteiger partial charge in [0.25, 0.3) is 5.91 Å². The van der Waals surface area contributed by atoms with E-state index in [-0.39, 0.29) is 11.9 Å². The molecule has 5 rings (SSSR count). The molecule has 2 aliphatic rings. The molecule has 0 unspecified atom stereocenters. The van der Waals surface area contributed by atoms with Crippen LogP contribution in [-0.4, -0.2) is 30.7 Å². The van der Waals surface area contributed by atoms with E-state index >= 15 is 0 Å². The lowest BCUT2D eigenvalue weighted by Gasteiger charge is -2.32. The van der Waals surface area contributed by atoms with Crippen LogP contribution in [0.2, 0.25) is 5.02 Å². The summed E-state index contributed by atoms with van der Waals surface area (Å²) in [5, 5.41) is 3.76. The highest BCUT2D eigenvalue weighted by Crippen LogP contribution is 2.33. The summed E-state index contributed by atoms with van der Waals surface area (Å²) in [5.74, 6) is 2.31. The maximum atomic E-state index is 12.7. The molecule has 182 valence electrons. The van der Waals surface area contributed by atoms with Crippen molar-refractivity contribution in [3.8, 4) is 11.5 Å². The zero-order valence-corrected chi connectivity index (χ0v) is 20.8. The summed E-state index contributed by atoms with van der Waals surface area (Å²) < 4.78 is 10.9. The van der Waals surface area contributed by atoms with Crippen LogP contribution < -0.4 is 14.8 Å². The Labute approximate surface area is 212 Å². The van der Waals surface area contributed by atoms with Gasteiger partial charge >= 0.3 is 0 Å². The van der Waals surface area contributed by atoms with Crippen molar-refractivity contribution in [3.05, 3.63) is 94.0 Å². The minimum Gasteiger partial charge on any atom is -0.454 e. The van der Waals surface area contributed by atoms with E-state index in [2.05, 4.69) is 34.5 Å². The van der Waals surface area contributed by atoms with Crippen molar-refractivity contribution in [1.29, 1.82) is 0 Å². The van der Waals surface area contributed by atoms with E-state index in [0.717, 1.165) is 43.1 Å². The summed E-state index contributed by atoms with van der Waals surface area (Å²) in [7, 11) is 0. The van der Waals surface area contributed by atoms with Gasteiger partial charge in [-0.25, -0.2) is 0 Å². The molecule has 3 aromatic rings. The molecule has 1 amide bonds. The first-order chi connectivity index (χ1) is 17.0. The number of rotatable bonds is 7.